The summed E-state index contributed by atoms with van der Waals surface area (Å²) < 4.78 is 18.2. The summed E-state index contributed by atoms with van der Waals surface area (Å²) in [6.45, 7) is 1.45. The SMILES string of the molecule is O=C(NCCO)c1ccc(-c2cc3c(N(C(=O)c4ccc(-n5nnc6cccnc65)cc4F)[C@@H]4CCCNC4)nccc3s2)cc1. The summed E-state index contributed by atoms with van der Waals surface area (Å²) in [6, 6.07) is 18.8. The lowest BCUT2D eigenvalue weighted by Gasteiger charge is -2.34. The molecule has 0 aliphatic carbocycles. The number of anilines is 1. The summed E-state index contributed by atoms with van der Waals surface area (Å²) in [5, 5.41) is 24.0. The van der Waals surface area contributed by atoms with Crippen molar-refractivity contribution in [3.63, 3.8) is 0 Å². The largest absolute Gasteiger partial charge is 0.395 e. The third-order valence-electron chi connectivity index (χ3n) is 7.97. The molecular weight excluding hydrogens is 607 g/mol. The van der Waals surface area contributed by atoms with E-state index in [-0.39, 0.29) is 30.7 Å². The molecule has 0 spiro atoms. The number of benzene rings is 2. The minimum atomic E-state index is -0.683. The Labute approximate surface area is 266 Å². The van der Waals surface area contributed by atoms with Crippen LogP contribution < -0.4 is 15.5 Å². The molecular formula is C33H29FN8O3S. The van der Waals surface area contributed by atoms with Crippen molar-refractivity contribution in [2.75, 3.05) is 31.1 Å². The lowest BCUT2D eigenvalue weighted by atomic mass is 10.0. The maximum absolute atomic E-state index is 15.8. The Kier molecular flexibility index (Phi) is 8.18. The lowest BCUT2D eigenvalue weighted by molar-refractivity contribution is 0.0942. The van der Waals surface area contributed by atoms with Crippen LogP contribution in [0.2, 0.25) is 0 Å². The van der Waals surface area contributed by atoms with E-state index in [0.717, 1.165) is 39.9 Å². The van der Waals surface area contributed by atoms with E-state index < -0.39 is 11.7 Å². The summed E-state index contributed by atoms with van der Waals surface area (Å²) in [5.41, 5.74) is 2.78. The van der Waals surface area contributed by atoms with Gasteiger partial charge in [-0.3, -0.25) is 14.5 Å². The van der Waals surface area contributed by atoms with Crippen molar-refractivity contribution in [2.24, 2.45) is 0 Å². The Morgan fingerprint density at radius 2 is 1.96 bits per heavy atom. The molecule has 13 heteroatoms. The van der Waals surface area contributed by atoms with Gasteiger partial charge in [0.1, 0.15) is 17.2 Å². The van der Waals surface area contributed by atoms with E-state index in [9.17, 15) is 9.59 Å². The normalized spacial score (nSPS) is 14.9. The zero-order chi connectivity index (χ0) is 31.6. The molecule has 1 atom stereocenters. The van der Waals surface area contributed by atoms with Crippen molar-refractivity contribution in [3.05, 3.63) is 96.1 Å². The standard InChI is InChI=1S/C33H29FN8O3S/c34-26-17-22(42-31-27(39-40-42)4-2-13-36-31)9-10-24(26)33(45)41(23-3-1-12-35-19-23)30-25-18-29(46-28(25)11-14-37-30)20-5-7-21(8-6-20)32(44)38-15-16-43/h2,4-11,13-14,17-18,23,35,43H,1,3,12,15-16,19H2,(H,38,44)/t23-/m1/s1. The second-order valence-corrected chi connectivity index (χ2v) is 12.0. The highest BCUT2D eigenvalue weighted by Gasteiger charge is 2.32. The number of hydrogen-bond donors (Lipinski definition) is 3. The van der Waals surface area contributed by atoms with Gasteiger partial charge in [-0.2, -0.15) is 4.68 Å². The van der Waals surface area contributed by atoms with E-state index in [4.69, 9.17) is 5.11 Å². The lowest BCUT2D eigenvalue weighted by Crippen LogP contribution is -2.49. The van der Waals surface area contributed by atoms with Gasteiger partial charge in [0.05, 0.1) is 23.9 Å². The first-order chi connectivity index (χ1) is 22.5. The van der Waals surface area contributed by atoms with Crippen LogP contribution in [0, 0.1) is 5.82 Å². The van der Waals surface area contributed by atoms with Gasteiger partial charge < -0.3 is 15.7 Å². The summed E-state index contributed by atoms with van der Waals surface area (Å²) in [6.07, 6.45) is 4.89. The number of nitrogens with one attached hydrogen (secondary N) is 2. The molecule has 0 radical (unpaired) electrons. The highest BCUT2D eigenvalue weighted by atomic mass is 32.1. The van der Waals surface area contributed by atoms with E-state index >= 15 is 4.39 Å². The van der Waals surface area contributed by atoms with Crippen LogP contribution in [-0.4, -0.2) is 74.2 Å². The molecule has 5 heterocycles. The number of pyridine rings is 2. The van der Waals surface area contributed by atoms with Gasteiger partial charge in [-0.05, 0) is 73.5 Å². The van der Waals surface area contributed by atoms with Crippen molar-refractivity contribution in [1.29, 1.82) is 0 Å². The zero-order valence-corrected chi connectivity index (χ0v) is 25.4. The van der Waals surface area contributed by atoms with Crippen LogP contribution in [0.15, 0.2) is 79.1 Å². The smallest absolute Gasteiger partial charge is 0.262 e. The fraction of sp³-hybridized carbons (Fsp3) is 0.212. The molecule has 0 unspecified atom stereocenters. The van der Waals surface area contributed by atoms with Crippen LogP contribution in [0.25, 0.3) is 37.4 Å². The molecule has 2 amide bonds. The summed E-state index contributed by atoms with van der Waals surface area (Å²) in [4.78, 5) is 38.1. The van der Waals surface area contributed by atoms with E-state index in [0.29, 0.717) is 34.8 Å². The van der Waals surface area contributed by atoms with Gasteiger partial charge in [-0.1, -0.05) is 17.3 Å². The Morgan fingerprint density at radius 3 is 2.74 bits per heavy atom. The molecule has 232 valence electrons. The van der Waals surface area contributed by atoms with Gasteiger partial charge >= 0.3 is 0 Å². The van der Waals surface area contributed by atoms with E-state index in [2.05, 4.69) is 30.9 Å². The number of amides is 2. The number of hydrogen-bond acceptors (Lipinski definition) is 9. The quantitative estimate of drug-likeness (QED) is 0.224. The van der Waals surface area contributed by atoms with E-state index in [1.807, 2.05) is 24.3 Å². The van der Waals surface area contributed by atoms with Gasteiger partial charge in [0.15, 0.2) is 5.65 Å². The second-order valence-electron chi connectivity index (χ2n) is 10.9. The molecule has 1 fully saturated rings. The third-order valence-corrected chi connectivity index (χ3v) is 9.12. The topological polar surface area (TPSA) is 138 Å². The Bertz CT molecular complexity index is 2060. The van der Waals surface area contributed by atoms with Crippen LogP contribution in [-0.2, 0) is 0 Å². The van der Waals surface area contributed by atoms with Crippen molar-refractivity contribution in [3.8, 4) is 16.1 Å². The predicted molar refractivity (Wildman–Crippen MR) is 174 cm³/mol. The minimum absolute atomic E-state index is 0.0731. The molecule has 46 heavy (non-hydrogen) atoms. The highest BCUT2D eigenvalue weighted by Crippen LogP contribution is 2.39. The number of piperidine rings is 1. The van der Waals surface area contributed by atoms with Crippen molar-refractivity contribution in [2.45, 2.75) is 18.9 Å². The first-order valence-electron chi connectivity index (χ1n) is 14.9. The van der Waals surface area contributed by atoms with Crippen molar-refractivity contribution in [1.82, 2.24) is 35.6 Å². The summed E-state index contributed by atoms with van der Waals surface area (Å²) in [5.74, 6) is -0.957. The number of aliphatic hydroxyl groups excluding tert-OH is 1. The van der Waals surface area contributed by atoms with Gasteiger partial charge in [-0.25, -0.2) is 14.4 Å². The maximum Gasteiger partial charge on any atom is 0.262 e. The first kappa shape index (κ1) is 29.6. The Balaban J connectivity index is 1.24. The number of thiophene rings is 1. The molecule has 4 aromatic heterocycles. The number of carbonyl (C=O) groups is 2. The number of nitrogens with zero attached hydrogens (tertiary/aromatic N) is 6. The van der Waals surface area contributed by atoms with Crippen LogP contribution >= 0.6 is 11.3 Å². The fourth-order valence-corrected chi connectivity index (χ4v) is 6.76. The second kappa shape index (κ2) is 12.7. The number of rotatable bonds is 8. The molecule has 0 saturated carbocycles. The number of halogens is 1. The molecule has 2 aromatic carbocycles. The number of aromatic nitrogens is 5. The van der Waals surface area contributed by atoms with E-state index in [1.165, 1.54) is 16.8 Å². The van der Waals surface area contributed by atoms with Gasteiger partial charge in [0, 0.05) is 52.1 Å². The van der Waals surface area contributed by atoms with Crippen LogP contribution in [0.5, 0.6) is 0 Å². The summed E-state index contributed by atoms with van der Waals surface area (Å²) in [7, 11) is 0. The monoisotopic (exact) mass is 636 g/mol. The van der Waals surface area contributed by atoms with Gasteiger partial charge in [0.2, 0.25) is 0 Å². The molecule has 1 aliphatic rings. The van der Waals surface area contributed by atoms with Crippen molar-refractivity contribution < 1.29 is 19.1 Å². The average Bonchev–Trinajstić information content (AvgIpc) is 3.73. The van der Waals surface area contributed by atoms with Gasteiger partial charge in [-0.15, -0.1) is 16.4 Å². The molecule has 11 nitrogen and oxygen atoms in total. The van der Waals surface area contributed by atoms with Crippen molar-refractivity contribution >= 4 is 50.2 Å². The Morgan fingerprint density at radius 1 is 1.09 bits per heavy atom. The molecule has 0 bridgehead atoms. The highest BCUT2D eigenvalue weighted by molar-refractivity contribution is 7.22. The molecule has 6 aromatic rings. The Hall–Kier alpha value is -5.11. The number of fused-ring (bicyclic) bond motifs is 2. The molecule has 3 N–H and O–H groups in total. The average molecular weight is 637 g/mol. The van der Waals surface area contributed by atoms with Crippen LogP contribution in [0.4, 0.5) is 10.2 Å². The minimum Gasteiger partial charge on any atom is -0.395 e. The number of aliphatic hydroxyl groups is 1. The summed E-state index contributed by atoms with van der Waals surface area (Å²) >= 11 is 1.55. The third kappa shape index (κ3) is 5.60. The fourth-order valence-electron chi connectivity index (χ4n) is 5.71. The maximum atomic E-state index is 15.8. The number of carbonyl (C=O) groups excluding carboxylic acids is 2. The molecule has 1 saturated heterocycles. The first-order valence-corrected chi connectivity index (χ1v) is 15.7. The van der Waals surface area contributed by atoms with Crippen LogP contribution in [0.3, 0.4) is 0 Å². The van der Waals surface area contributed by atoms with E-state index in [1.54, 1.807) is 59.0 Å². The van der Waals surface area contributed by atoms with Gasteiger partial charge in [0.25, 0.3) is 11.8 Å². The zero-order valence-electron chi connectivity index (χ0n) is 24.6. The predicted octanol–water partition coefficient (Wildman–Crippen LogP) is 4.35. The van der Waals surface area contributed by atoms with Crippen LogP contribution in [0.1, 0.15) is 33.6 Å². The molecule has 1 aliphatic heterocycles. The molecule has 7 rings (SSSR count).